The molecule has 12 heteroatoms. The summed E-state index contributed by atoms with van der Waals surface area (Å²) in [6.45, 7) is -1.52. The molecule has 10 N–H and O–H groups in total. The summed E-state index contributed by atoms with van der Waals surface area (Å²) in [6, 6.07) is 0. The summed E-state index contributed by atoms with van der Waals surface area (Å²) in [6.07, 6.45) is -13.7. The minimum Gasteiger partial charge on any atom is -0.394 e. The van der Waals surface area contributed by atoms with Gasteiger partial charge in [-0.3, -0.25) is 0 Å². The highest BCUT2D eigenvalue weighted by Gasteiger charge is 2.30. The van der Waals surface area contributed by atoms with Crippen LogP contribution in [0.25, 0.3) is 0 Å². The molecule has 0 unspecified atom stereocenters. The van der Waals surface area contributed by atoms with Crippen LogP contribution < -0.4 is 0 Å². The van der Waals surface area contributed by atoms with Crippen LogP contribution in [0.15, 0.2) is 0 Å². The van der Waals surface area contributed by atoms with Crippen LogP contribution in [0.5, 0.6) is 0 Å². The van der Waals surface area contributed by atoms with Crippen molar-refractivity contribution in [1.82, 2.24) is 0 Å². The van der Waals surface area contributed by atoms with Crippen molar-refractivity contribution in [2.45, 2.75) is 48.8 Å². The molecule has 24 heavy (non-hydrogen) atoms. The molecule has 0 aromatic heterocycles. The first-order valence-corrected chi connectivity index (χ1v) is 6.65. The summed E-state index contributed by atoms with van der Waals surface area (Å²) < 4.78 is 0. The molecule has 0 amide bonds. The predicted molar refractivity (Wildman–Crippen MR) is 74.4 cm³/mol. The van der Waals surface area contributed by atoms with Gasteiger partial charge in [0.25, 0.3) is 0 Å². The molecule has 0 aliphatic carbocycles. The topological polar surface area (TPSA) is 236 Å². The van der Waals surface area contributed by atoms with Crippen LogP contribution >= 0.6 is 0 Å². The normalized spacial score (nSPS) is 21.1. The van der Waals surface area contributed by atoms with Gasteiger partial charge in [-0.15, -0.1) is 0 Å². The predicted octanol–water partition coefficient (Wildman–Crippen LogP) is -6.76. The van der Waals surface area contributed by atoms with Crippen molar-refractivity contribution in [2.75, 3.05) is 13.2 Å². The molecule has 0 saturated carbocycles. The number of carbonyl (C=O) groups excluding carboxylic acids is 2. The van der Waals surface area contributed by atoms with Crippen LogP contribution in [0.1, 0.15) is 0 Å². The molecular weight excluding hydrogens is 336 g/mol. The van der Waals surface area contributed by atoms with E-state index in [1.54, 1.807) is 0 Å². The minimum absolute atomic E-state index is 0.0258. The Hall–Kier alpha value is -1.06. The van der Waals surface area contributed by atoms with Gasteiger partial charge >= 0.3 is 0 Å². The molecule has 0 aromatic carbocycles. The molecule has 0 fully saturated rings. The van der Waals surface area contributed by atoms with E-state index in [0.717, 1.165) is 0 Å². The second-order valence-corrected chi connectivity index (χ2v) is 4.72. The lowest BCUT2D eigenvalue weighted by Crippen LogP contribution is -2.46. The highest BCUT2D eigenvalue weighted by molar-refractivity contribution is 5.57. The van der Waals surface area contributed by atoms with Crippen molar-refractivity contribution in [1.29, 1.82) is 0 Å². The fourth-order valence-corrected chi connectivity index (χ4v) is 1.24. The molecule has 8 atom stereocenters. The van der Waals surface area contributed by atoms with Crippen molar-refractivity contribution in [3.05, 3.63) is 0 Å². The van der Waals surface area contributed by atoms with E-state index < -0.39 is 62.0 Å². The summed E-state index contributed by atoms with van der Waals surface area (Å²) in [5, 5.41) is 87.1. The van der Waals surface area contributed by atoms with Crippen LogP contribution in [0.4, 0.5) is 0 Å². The van der Waals surface area contributed by atoms with Gasteiger partial charge in [-0.25, -0.2) is 0 Å². The van der Waals surface area contributed by atoms with Crippen LogP contribution in [0, 0.1) is 0 Å². The lowest BCUT2D eigenvalue weighted by atomic mass is 10.0. The second kappa shape index (κ2) is 13.3. The van der Waals surface area contributed by atoms with Gasteiger partial charge in [-0.2, -0.15) is 0 Å². The smallest absolute Gasteiger partial charge is 0.151 e. The molecule has 0 saturated heterocycles. The number of aliphatic hydroxyl groups excluding tert-OH is 10. The van der Waals surface area contributed by atoms with E-state index in [1.807, 2.05) is 0 Å². The first-order chi connectivity index (χ1) is 11.1. The van der Waals surface area contributed by atoms with Gasteiger partial charge in [0.05, 0.1) is 13.2 Å². The molecule has 144 valence electrons. The Kier molecular flexibility index (Phi) is 13.9. The maximum atomic E-state index is 9.90. The van der Waals surface area contributed by atoms with Crippen LogP contribution in [-0.2, 0) is 9.59 Å². The van der Waals surface area contributed by atoms with Gasteiger partial charge in [-0.1, -0.05) is 0 Å². The van der Waals surface area contributed by atoms with Gasteiger partial charge in [0.2, 0.25) is 0 Å². The highest BCUT2D eigenvalue weighted by Crippen LogP contribution is 2.03. The quantitative estimate of drug-likeness (QED) is 0.164. The monoisotopic (exact) mass is 360 g/mol. The Balaban J connectivity index is 0. The van der Waals surface area contributed by atoms with E-state index in [1.165, 1.54) is 0 Å². The number of carbonyl (C=O) groups is 2. The Morgan fingerprint density at radius 3 is 0.958 bits per heavy atom. The van der Waals surface area contributed by atoms with Crippen molar-refractivity contribution in [3.8, 4) is 0 Å². The largest absolute Gasteiger partial charge is 0.394 e. The lowest BCUT2D eigenvalue weighted by Gasteiger charge is -2.22. The molecule has 0 rings (SSSR count). The third kappa shape index (κ3) is 8.70. The Bertz CT molecular complexity index is 308. The van der Waals surface area contributed by atoms with E-state index >= 15 is 0 Å². The zero-order valence-electron chi connectivity index (χ0n) is 12.5. The average molecular weight is 360 g/mol. The molecule has 0 aromatic rings. The van der Waals surface area contributed by atoms with Gasteiger partial charge in [0.1, 0.15) is 48.8 Å². The number of aldehydes is 2. The molecule has 0 aliphatic heterocycles. The van der Waals surface area contributed by atoms with Crippen LogP contribution in [0.3, 0.4) is 0 Å². The Morgan fingerprint density at radius 2 is 0.792 bits per heavy atom. The summed E-state index contributed by atoms with van der Waals surface area (Å²) in [7, 11) is 0. The number of rotatable bonds is 10. The SMILES string of the molecule is O=C[C@H](O)[C@@H](O)[C@@H](O)[C@H](O)CO.O=C[C@H](O)[C@@H](O)[C@H](O)[C@H](O)CO. The van der Waals surface area contributed by atoms with E-state index in [0.29, 0.717) is 0 Å². The standard InChI is InChI=1S/2C6H12O6/c2*7-1-3(9)5(11)6(12)4(10)2-8/h2*1,3-6,8-12H,2H2/t3-,4+,5+,6+;3-,4+,5+,6-/m00/s1. The van der Waals surface area contributed by atoms with Crippen LogP contribution in [-0.4, -0.2) is 126 Å². The van der Waals surface area contributed by atoms with Gasteiger partial charge < -0.3 is 60.7 Å². The lowest BCUT2D eigenvalue weighted by molar-refractivity contribution is -0.136. The number of hydrogen-bond acceptors (Lipinski definition) is 12. The molecule has 0 spiro atoms. The average Bonchev–Trinajstić information content (AvgIpc) is 2.62. The van der Waals surface area contributed by atoms with Crippen molar-refractivity contribution in [3.63, 3.8) is 0 Å². The first-order valence-electron chi connectivity index (χ1n) is 6.65. The van der Waals surface area contributed by atoms with E-state index in [9.17, 15) is 9.59 Å². The summed E-state index contributed by atoms with van der Waals surface area (Å²) >= 11 is 0. The molecule has 0 radical (unpaired) electrons. The minimum atomic E-state index is -1.79. The molecule has 0 heterocycles. The van der Waals surface area contributed by atoms with E-state index in [4.69, 9.17) is 51.1 Å². The summed E-state index contributed by atoms with van der Waals surface area (Å²) in [4.78, 5) is 19.8. The molecular formula is C12H24O12. The third-order valence-corrected chi connectivity index (χ3v) is 2.84. The Labute approximate surface area is 136 Å². The maximum absolute atomic E-state index is 9.90. The zero-order chi connectivity index (χ0) is 19.4. The third-order valence-electron chi connectivity index (χ3n) is 2.84. The maximum Gasteiger partial charge on any atom is 0.151 e. The zero-order valence-corrected chi connectivity index (χ0v) is 12.5. The molecule has 0 aliphatic rings. The molecule has 12 nitrogen and oxygen atoms in total. The Morgan fingerprint density at radius 1 is 0.542 bits per heavy atom. The molecule has 0 bridgehead atoms. The fourth-order valence-electron chi connectivity index (χ4n) is 1.24. The van der Waals surface area contributed by atoms with Crippen molar-refractivity contribution in [2.24, 2.45) is 0 Å². The van der Waals surface area contributed by atoms with Gasteiger partial charge in [0, 0.05) is 0 Å². The summed E-state index contributed by atoms with van der Waals surface area (Å²) in [5.74, 6) is 0. The van der Waals surface area contributed by atoms with Crippen LogP contribution in [0.2, 0.25) is 0 Å². The fraction of sp³-hybridized carbons (Fsp3) is 0.833. The van der Waals surface area contributed by atoms with Gasteiger partial charge in [0.15, 0.2) is 12.6 Å². The van der Waals surface area contributed by atoms with Crippen molar-refractivity contribution >= 4 is 12.6 Å². The second-order valence-electron chi connectivity index (χ2n) is 4.72. The van der Waals surface area contributed by atoms with E-state index in [2.05, 4.69) is 0 Å². The van der Waals surface area contributed by atoms with Gasteiger partial charge in [-0.05, 0) is 0 Å². The van der Waals surface area contributed by atoms with E-state index in [-0.39, 0.29) is 12.6 Å². The number of aliphatic hydroxyl groups is 10. The number of hydrogen-bond donors (Lipinski definition) is 10. The highest BCUT2D eigenvalue weighted by atomic mass is 16.4. The first kappa shape index (κ1) is 25.2. The van der Waals surface area contributed by atoms with Crippen molar-refractivity contribution < 1.29 is 60.7 Å². The summed E-state index contributed by atoms with van der Waals surface area (Å²) in [5.41, 5.74) is 0.